The van der Waals surface area contributed by atoms with E-state index in [9.17, 15) is 26.4 Å². The molecule has 2 aromatic rings. The first-order valence-electron chi connectivity index (χ1n) is 8.70. The Kier molecular flexibility index (Phi) is 5.94. The summed E-state index contributed by atoms with van der Waals surface area (Å²) in [6, 6.07) is 9.87. The standard InChI is InChI=1S/C18H18N2O8S2/c21-17(22)13-3-1-5-15(11-13)29(25,26)19-7-9-20(10-8-19)30(27,28)16-6-2-4-14(12-16)18(23)24/h1-6,11-12H,7-10H2,(H,21,22)(H,23,24). The van der Waals surface area contributed by atoms with E-state index in [4.69, 9.17) is 10.2 Å². The molecule has 0 aromatic heterocycles. The maximum absolute atomic E-state index is 12.8. The Morgan fingerprint density at radius 3 is 1.30 bits per heavy atom. The predicted octanol–water partition coefficient (Wildman–Crippen LogP) is 0.778. The van der Waals surface area contributed by atoms with Gasteiger partial charge in [-0.1, -0.05) is 12.1 Å². The zero-order chi connectivity index (χ0) is 22.1. The summed E-state index contributed by atoms with van der Waals surface area (Å²) in [7, 11) is -8.00. The Balaban J connectivity index is 1.78. The highest BCUT2D eigenvalue weighted by Gasteiger charge is 2.34. The molecule has 1 fully saturated rings. The van der Waals surface area contributed by atoms with Crippen molar-refractivity contribution in [3.05, 3.63) is 59.7 Å². The molecular formula is C18H18N2O8S2. The van der Waals surface area contributed by atoms with Crippen molar-refractivity contribution in [3.63, 3.8) is 0 Å². The molecular weight excluding hydrogens is 436 g/mol. The molecule has 0 atom stereocenters. The number of carboxylic acid groups (broad SMARTS) is 2. The summed E-state index contributed by atoms with van der Waals surface area (Å²) in [6.07, 6.45) is 0. The van der Waals surface area contributed by atoms with Crippen molar-refractivity contribution in [2.45, 2.75) is 9.79 Å². The quantitative estimate of drug-likeness (QED) is 0.650. The van der Waals surface area contributed by atoms with Crippen molar-refractivity contribution >= 4 is 32.0 Å². The van der Waals surface area contributed by atoms with Crippen molar-refractivity contribution in [2.75, 3.05) is 26.2 Å². The van der Waals surface area contributed by atoms with Gasteiger partial charge in [0, 0.05) is 26.2 Å². The van der Waals surface area contributed by atoms with Crippen LogP contribution in [-0.4, -0.2) is 73.8 Å². The second-order valence-corrected chi connectivity index (χ2v) is 10.4. The largest absolute Gasteiger partial charge is 0.478 e. The Bertz CT molecular complexity index is 1100. The third-order valence-electron chi connectivity index (χ3n) is 4.64. The van der Waals surface area contributed by atoms with Gasteiger partial charge in [-0.05, 0) is 36.4 Å². The van der Waals surface area contributed by atoms with Gasteiger partial charge in [0.05, 0.1) is 20.9 Å². The smallest absolute Gasteiger partial charge is 0.335 e. The molecule has 1 saturated heterocycles. The molecule has 2 aromatic carbocycles. The maximum Gasteiger partial charge on any atom is 0.335 e. The number of hydrogen-bond acceptors (Lipinski definition) is 6. The number of carbonyl (C=O) groups is 2. The molecule has 0 aliphatic carbocycles. The van der Waals surface area contributed by atoms with Gasteiger partial charge >= 0.3 is 11.9 Å². The number of carboxylic acids is 2. The summed E-state index contributed by atoms with van der Waals surface area (Å²) < 4.78 is 53.4. The summed E-state index contributed by atoms with van der Waals surface area (Å²) in [5, 5.41) is 18.1. The Hall–Kier alpha value is -2.80. The minimum Gasteiger partial charge on any atom is -0.478 e. The zero-order valence-electron chi connectivity index (χ0n) is 15.5. The van der Waals surface area contributed by atoms with Crippen LogP contribution in [0.25, 0.3) is 0 Å². The molecule has 30 heavy (non-hydrogen) atoms. The molecule has 0 unspecified atom stereocenters. The van der Waals surface area contributed by atoms with E-state index in [1.54, 1.807) is 0 Å². The van der Waals surface area contributed by atoms with Gasteiger partial charge in [-0.15, -0.1) is 0 Å². The van der Waals surface area contributed by atoms with Crippen LogP contribution in [0, 0.1) is 0 Å². The topological polar surface area (TPSA) is 149 Å². The van der Waals surface area contributed by atoms with Gasteiger partial charge in [0.2, 0.25) is 20.0 Å². The van der Waals surface area contributed by atoms with Crippen molar-refractivity contribution < 1.29 is 36.6 Å². The maximum atomic E-state index is 12.8. The van der Waals surface area contributed by atoms with Crippen LogP contribution >= 0.6 is 0 Å². The Morgan fingerprint density at radius 2 is 1.00 bits per heavy atom. The molecule has 160 valence electrons. The first kappa shape index (κ1) is 21.9. The van der Waals surface area contributed by atoms with E-state index < -0.39 is 32.0 Å². The van der Waals surface area contributed by atoms with E-state index in [0.29, 0.717) is 0 Å². The van der Waals surface area contributed by atoms with Crippen LogP contribution in [0.15, 0.2) is 58.3 Å². The summed E-state index contributed by atoms with van der Waals surface area (Å²) >= 11 is 0. The van der Waals surface area contributed by atoms with Crippen LogP contribution in [0.5, 0.6) is 0 Å². The van der Waals surface area contributed by atoms with E-state index in [0.717, 1.165) is 20.7 Å². The molecule has 1 aliphatic heterocycles. The predicted molar refractivity (Wildman–Crippen MR) is 104 cm³/mol. The summed E-state index contributed by atoms with van der Waals surface area (Å²) in [5.74, 6) is -2.52. The highest BCUT2D eigenvalue weighted by atomic mass is 32.2. The average Bonchev–Trinajstić information content (AvgIpc) is 2.74. The lowest BCUT2D eigenvalue weighted by atomic mass is 10.2. The van der Waals surface area contributed by atoms with Gasteiger partial charge in [-0.2, -0.15) is 8.61 Å². The fourth-order valence-corrected chi connectivity index (χ4v) is 5.96. The summed E-state index contributed by atoms with van der Waals surface area (Å²) in [4.78, 5) is 21.8. The molecule has 0 saturated carbocycles. The molecule has 0 radical (unpaired) electrons. The normalized spacial score (nSPS) is 16.3. The van der Waals surface area contributed by atoms with Crippen molar-refractivity contribution in [3.8, 4) is 0 Å². The Labute approximate surface area is 173 Å². The van der Waals surface area contributed by atoms with Crippen LogP contribution in [0.1, 0.15) is 20.7 Å². The first-order chi connectivity index (χ1) is 14.0. The van der Waals surface area contributed by atoms with Crippen LogP contribution in [0.3, 0.4) is 0 Å². The molecule has 3 rings (SSSR count). The minimum absolute atomic E-state index is 0.127. The van der Waals surface area contributed by atoms with E-state index in [-0.39, 0.29) is 47.1 Å². The minimum atomic E-state index is -4.00. The van der Waals surface area contributed by atoms with E-state index in [2.05, 4.69) is 0 Å². The first-order valence-corrected chi connectivity index (χ1v) is 11.6. The zero-order valence-corrected chi connectivity index (χ0v) is 17.1. The van der Waals surface area contributed by atoms with Crippen molar-refractivity contribution in [1.82, 2.24) is 8.61 Å². The third kappa shape index (κ3) is 4.21. The van der Waals surface area contributed by atoms with Crippen LogP contribution in [0.2, 0.25) is 0 Å². The van der Waals surface area contributed by atoms with E-state index >= 15 is 0 Å². The number of hydrogen-bond donors (Lipinski definition) is 2. The number of piperazine rings is 1. The van der Waals surface area contributed by atoms with Crippen molar-refractivity contribution in [1.29, 1.82) is 0 Å². The average molecular weight is 454 g/mol. The highest BCUT2D eigenvalue weighted by molar-refractivity contribution is 7.89. The lowest BCUT2D eigenvalue weighted by Crippen LogP contribution is -2.50. The van der Waals surface area contributed by atoms with Gasteiger partial charge < -0.3 is 10.2 Å². The lowest BCUT2D eigenvalue weighted by molar-refractivity contribution is 0.0685. The number of benzene rings is 2. The fourth-order valence-electron chi connectivity index (χ4n) is 3.03. The number of nitrogens with zero attached hydrogens (tertiary/aromatic N) is 2. The van der Waals surface area contributed by atoms with Crippen LogP contribution in [-0.2, 0) is 20.0 Å². The van der Waals surface area contributed by atoms with Gasteiger partial charge in [0.15, 0.2) is 0 Å². The lowest BCUT2D eigenvalue weighted by Gasteiger charge is -2.33. The molecule has 1 aliphatic rings. The molecule has 0 spiro atoms. The molecule has 12 heteroatoms. The number of sulfonamides is 2. The van der Waals surface area contributed by atoms with Gasteiger partial charge in [0.1, 0.15) is 0 Å². The fraction of sp³-hybridized carbons (Fsp3) is 0.222. The number of aromatic carboxylic acids is 2. The molecule has 0 amide bonds. The van der Waals surface area contributed by atoms with Gasteiger partial charge in [-0.25, -0.2) is 26.4 Å². The molecule has 1 heterocycles. The van der Waals surface area contributed by atoms with Crippen molar-refractivity contribution in [2.24, 2.45) is 0 Å². The van der Waals surface area contributed by atoms with E-state index in [1.807, 2.05) is 0 Å². The van der Waals surface area contributed by atoms with E-state index in [1.165, 1.54) is 36.4 Å². The van der Waals surface area contributed by atoms with Crippen LogP contribution in [0.4, 0.5) is 0 Å². The SMILES string of the molecule is O=C(O)c1cccc(S(=O)(=O)N2CCN(S(=O)(=O)c3cccc(C(=O)O)c3)CC2)c1. The monoisotopic (exact) mass is 454 g/mol. The summed E-state index contributed by atoms with van der Waals surface area (Å²) in [6.45, 7) is -0.510. The molecule has 10 nitrogen and oxygen atoms in total. The van der Waals surface area contributed by atoms with Gasteiger partial charge in [0.25, 0.3) is 0 Å². The second kappa shape index (κ2) is 8.14. The van der Waals surface area contributed by atoms with Crippen LogP contribution < -0.4 is 0 Å². The number of rotatable bonds is 6. The second-order valence-electron chi connectivity index (χ2n) is 6.47. The van der Waals surface area contributed by atoms with Gasteiger partial charge in [-0.3, -0.25) is 0 Å². The highest BCUT2D eigenvalue weighted by Crippen LogP contribution is 2.23. The Morgan fingerprint density at radius 1 is 0.667 bits per heavy atom. The third-order valence-corrected chi connectivity index (χ3v) is 8.42. The summed E-state index contributed by atoms with van der Waals surface area (Å²) in [5.41, 5.74) is -0.341. The molecule has 2 N–H and O–H groups in total. The molecule has 0 bridgehead atoms.